The van der Waals surface area contributed by atoms with Gasteiger partial charge in [0.25, 0.3) is 0 Å². The lowest BCUT2D eigenvalue weighted by Crippen LogP contribution is -1.93. The minimum atomic E-state index is -0.776. The third-order valence-electron chi connectivity index (χ3n) is 5.48. The van der Waals surface area contributed by atoms with Gasteiger partial charge in [0, 0.05) is 0 Å². The number of rotatable bonds is 21. The molecule has 0 amide bonds. The number of unbranched alkanes of at least 4 members (excludes halogenated alkanes) is 19. The van der Waals surface area contributed by atoms with E-state index < -0.39 is 9.24 Å². The maximum atomic E-state index is 6.30. The molecule has 0 aromatic rings. The summed E-state index contributed by atoms with van der Waals surface area (Å²) in [7, 11) is 5.53. The molecule has 2 heteroatoms. The van der Waals surface area contributed by atoms with Crippen LogP contribution in [0.4, 0.5) is 0 Å². The first-order valence-corrected chi connectivity index (χ1v) is 15.4. The molecule has 0 radical (unpaired) electrons. The van der Waals surface area contributed by atoms with Crippen LogP contribution in [0.15, 0.2) is 0 Å². The van der Waals surface area contributed by atoms with Crippen LogP contribution in [0.5, 0.6) is 0 Å². The standard InChI is InChI=1S/C24H51ClS/c1-4-5-6-7-8-9-10-11-12-13-14-15-16-17-18-19-20-21-22-23-24-26(2,3)25/h4-24H2,1-3H3. The Morgan fingerprint density at radius 2 is 0.654 bits per heavy atom. The summed E-state index contributed by atoms with van der Waals surface area (Å²) in [6.07, 6.45) is 33.5. The molecule has 0 saturated heterocycles. The van der Waals surface area contributed by atoms with Crippen LogP contribution in [0, 0.1) is 0 Å². The Morgan fingerprint density at radius 1 is 0.423 bits per heavy atom. The van der Waals surface area contributed by atoms with Gasteiger partial charge < -0.3 is 0 Å². The first-order valence-electron chi connectivity index (χ1n) is 12.0. The quantitative estimate of drug-likeness (QED) is 0.166. The molecule has 0 nitrogen and oxygen atoms in total. The lowest BCUT2D eigenvalue weighted by molar-refractivity contribution is 0.523. The summed E-state index contributed by atoms with van der Waals surface area (Å²) < 4.78 is 0. The van der Waals surface area contributed by atoms with Gasteiger partial charge in [-0.2, -0.15) is 9.24 Å². The molecule has 0 fully saturated rings. The molecule has 0 heterocycles. The second-order valence-electron chi connectivity index (χ2n) is 8.82. The molecule has 0 aromatic carbocycles. The van der Waals surface area contributed by atoms with Gasteiger partial charge in [-0.05, 0) is 24.7 Å². The zero-order valence-corrected chi connectivity index (χ0v) is 20.2. The largest absolute Gasteiger partial charge is 0.169 e. The molecule has 0 saturated carbocycles. The lowest BCUT2D eigenvalue weighted by Gasteiger charge is -2.21. The van der Waals surface area contributed by atoms with E-state index in [1.54, 1.807) is 0 Å². The predicted octanol–water partition coefficient (Wildman–Crippen LogP) is 10.0. The van der Waals surface area contributed by atoms with E-state index in [1.807, 2.05) is 0 Å². The fraction of sp³-hybridized carbons (Fsp3) is 1.00. The Morgan fingerprint density at radius 3 is 0.885 bits per heavy atom. The Hall–Kier alpha value is 0.640. The summed E-state index contributed by atoms with van der Waals surface area (Å²) in [6.45, 7) is 2.30. The summed E-state index contributed by atoms with van der Waals surface area (Å²) in [5, 5.41) is 0. The molecule has 26 heavy (non-hydrogen) atoms. The van der Waals surface area contributed by atoms with E-state index >= 15 is 0 Å². The molecule has 160 valence electrons. The van der Waals surface area contributed by atoms with Crippen LogP contribution in [-0.4, -0.2) is 18.3 Å². The number of hydrogen-bond acceptors (Lipinski definition) is 0. The summed E-state index contributed by atoms with van der Waals surface area (Å²) in [4.78, 5) is 0. The normalized spacial score (nSPS) is 12.6. The summed E-state index contributed by atoms with van der Waals surface area (Å²) in [6, 6.07) is 0. The average molecular weight is 407 g/mol. The molecule has 0 aliphatic rings. The van der Waals surface area contributed by atoms with Crippen molar-refractivity contribution in [1.82, 2.24) is 0 Å². The zero-order valence-electron chi connectivity index (χ0n) is 18.6. The highest BCUT2D eigenvalue weighted by molar-refractivity contribution is 8.50. The highest BCUT2D eigenvalue weighted by atomic mass is 35.7. The van der Waals surface area contributed by atoms with Gasteiger partial charge in [-0.15, -0.1) is 0 Å². The van der Waals surface area contributed by atoms with Crippen molar-refractivity contribution in [2.45, 2.75) is 135 Å². The average Bonchev–Trinajstić information content (AvgIpc) is 2.59. The molecule has 0 spiro atoms. The second kappa shape index (κ2) is 20.4. The van der Waals surface area contributed by atoms with E-state index in [9.17, 15) is 0 Å². The molecule has 0 N–H and O–H groups in total. The SMILES string of the molecule is CCCCCCCCCCCCCCCCCCCCCCS(C)(C)Cl. The lowest BCUT2D eigenvalue weighted by atomic mass is 10.0. The fourth-order valence-electron chi connectivity index (χ4n) is 3.70. The maximum absolute atomic E-state index is 6.30. The van der Waals surface area contributed by atoms with E-state index in [0.29, 0.717) is 0 Å². The van der Waals surface area contributed by atoms with Crippen molar-refractivity contribution >= 4 is 19.9 Å². The Balaban J connectivity index is 3.01. The van der Waals surface area contributed by atoms with E-state index in [2.05, 4.69) is 19.4 Å². The maximum Gasteiger partial charge on any atom is -0.0106 e. The van der Waals surface area contributed by atoms with Crippen molar-refractivity contribution < 1.29 is 0 Å². The summed E-state index contributed by atoms with van der Waals surface area (Å²) in [5.74, 6) is 1.24. The van der Waals surface area contributed by atoms with Gasteiger partial charge in [-0.25, -0.2) is 0 Å². The summed E-state index contributed by atoms with van der Waals surface area (Å²) in [5.41, 5.74) is 0. The molecule has 0 atom stereocenters. The van der Waals surface area contributed by atoms with Gasteiger partial charge in [0.2, 0.25) is 0 Å². The van der Waals surface area contributed by atoms with Crippen LogP contribution in [0.25, 0.3) is 0 Å². The summed E-state index contributed by atoms with van der Waals surface area (Å²) >= 11 is 0. The highest BCUT2D eigenvalue weighted by Gasteiger charge is 2.05. The van der Waals surface area contributed by atoms with Crippen LogP contribution in [0.1, 0.15) is 135 Å². The van der Waals surface area contributed by atoms with Gasteiger partial charge in [-0.3, -0.25) is 0 Å². The molecule has 0 bridgehead atoms. The number of hydrogen-bond donors (Lipinski definition) is 0. The van der Waals surface area contributed by atoms with E-state index in [1.165, 1.54) is 134 Å². The van der Waals surface area contributed by atoms with Gasteiger partial charge in [-0.1, -0.05) is 140 Å². The van der Waals surface area contributed by atoms with E-state index in [0.717, 1.165) is 0 Å². The minimum Gasteiger partial charge on any atom is -0.169 e. The first-order chi connectivity index (χ1) is 12.6. The van der Waals surface area contributed by atoms with Gasteiger partial charge in [0.05, 0.1) is 0 Å². The minimum absolute atomic E-state index is 0.776. The van der Waals surface area contributed by atoms with Crippen molar-refractivity contribution in [2.75, 3.05) is 18.3 Å². The monoisotopic (exact) mass is 406 g/mol. The van der Waals surface area contributed by atoms with Crippen LogP contribution >= 0.6 is 19.9 Å². The topological polar surface area (TPSA) is 0 Å². The van der Waals surface area contributed by atoms with Crippen molar-refractivity contribution in [2.24, 2.45) is 0 Å². The first kappa shape index (κ1) is 26.6. The molecule has 0 aliphatic carbocycles. The van der Waals surface area contributed by atoms with Crippen molar-refractivity contribution in [1.29, 1.82) is 0 Å². The molecule has 0 aliphatic heterocycles. The van der Waals surface area contributed by atoms with Crippen molar-refractivity contribution in [3.8, 4) is 0 Å². The smallest absolute Gasteiger partial charge is 0.0106 e. The Bertz CT molecular complexity index is 259. The Kier molecular flexibility index (Phi) is 20.9. The van der Waals surface area contributed by atoms with Crippen molar-refractivity contribution in [3.05, 3.63) is 0 Å². The van der Waals surface area contributed by atoms with Crippen molar-refractivity contribution in [3.63, 3.8) is 0 Å². The van der Waals surface area contributed by atoms with E-state index in [-0.39, 0.29) is 0 Å². The molecular formula is C24H51ClS. The molecular weight excluding hydrogens is 356 g/mol. The van der Waals surface area contributed by atoms with Crippen LogP contribution in [0.2, 0.25) is 0 Å². The van der Waals surface area contributed by atoms with Crippen LogP contribution < -0.4 is 0 Å². The Labute approximate surface area is 173 Å². The second-order valence-corrected chi connectivity index (χ2v) is 14.5. The predicted molar refractivity (Wildman–Crippen MR) is 128 cm³/mol. The van der Waals surface area contributed by atoms with Gasteiger partial charge in [0.15, 0.2) is 0 Å². The third kappa shape index (κ3) is 24.6. The van der Waals surface area contributed by atoms with Crippen LogP contribution in [0.3, 0.4) is 0 Å². The zero-order chi connectivity index (χ0) is 19.3. The van der Waals surface area contributed by atoms with Crippen LogP contribution in [-0.2, 0) is 0 Å². The highest BCUT2D eigenvalue weighted by Crippen LogP contribution is 2.45. The molecule has 0 unspecified atom stereocenters. The molecule has 0 aromatic heterocycles. The van der Waals surface area contributed by atoms with Gasteiger partial charge >= 0.3 is 0 Å². The number of halogens is 1. The fourth-order valence-corrected chi connectivity index (χ4v) is 4.92. The van der Waals surface area contributed by atoms with Gasteiger partial charge in [0.1, 0.15) is 0 Å². The van der Waals surface area contributed by atoms with E-state index in [4.69, 9.17) is 10.7 Å². The third-order valence-corrected chi connectivity index (χ3v) is 7.21. The molecule has 0 rings (SSSR count).